The summed E-state index contributed by atoms with van der Waals surface area (Å²) in [5.74, 6) is 0. The molecular weight excluding hydrogens is 325 g/mol. The van der Waals surface area contributed by atoms with E-state index in [-0.39, 0.29) is 0 Å². The Hall–Kier alpha value is -2.31. The second-order valence-corrected chi connectivity index (χ2v) is 5.45. The van der Waals surface area contributed by atoms with Gasteiger partial charge in [-0.3, -0.25) is 0 Å². The number of aromatic nitrogens is 3. The van der Waals surface area contributed by atoms with E-state index in [1.165, 1.54) is 0 Å². The Bertz CT molecular complexity index is 862. The highest BCUT2D eigenvalue weighted by molar-refractivity contribution is 6.42. The highest BCUT2D eigenvalue weighted by atomic mass is 35.5. The van der Waals surface area contributed by atoms with Crippen LogP contribution in [0.5, 0.6) is 0 Å². The number of urea groups is 1. The smallest absolute Gasteiger partial charge is 0.308 e. The minimum Gasteiger partial charge on any atom is -0.308 e. The standard InChI is InChI=1S/C14H11Cl2N5O/c1-8-4-13-17-6-10(7-21(13)20-8)19-14(22)18-9-2-3-11(15)12(16)5-9/h2-7H,1H3,(H2,18,19,22). The van der Waals surface area contributed by atoms with Crippen molar-refractivity contribution in [3.05, 3.63) is 52.4 Å². The third-order valence-electron chi connectivity index (χ3n) is 2.87. The number of rotatable bonds is 2. The number of amides is 2. The van der Waals surface area contributed by atoms with Crippen LogP contribution in [0.15, 0.2) is 36.7 Å². The lowest BCUT2D eigenvalue weighted by Crippen LogP contribution is -2.19. The molecule has 3 aromatic rings. The van der Waals surface area contributed by atoms with Crippen LogP contribution in [0.2, 0.25) is 10.0 Å². The third-order valence-corrected chi connectivity index (χ3v) is 3.61. The average Bonchev–Trinajstić information content (AvgIpc) is 2.82. The molecule has 0 aliphatic carbocycles. The average molecular weight is 336 g/mol. The van der Waals surface area contributed by atoms with E-state index in [0.717, 1.165) is 5.69 Å². The molecule has 0 aliphatic rings. The fourth-order valence-electron chi connectivity index (χ4n) is 1.93. The maximum Gasteiger partial charge on any atom is 0.323 e. The second-order valence-electron chi connectivity index (χ2n) is 4.64. The quantitative estimate of drug-likeness (QED) is 0.743. The van der Waals surface area contributed by atoms with Gasteiger partial charge >= 0.3 is 6.03 Å². The van der Waals surface area contributed by atoms with Crippen molar-refractivity contribution in [3.63, 3.8) is 0 Å². The summed E-state index contributed by atoms with van der Waals surface area (Å²) >= 11 is 11.7. The number of nitrogens with one attached hydrogen (secondary N) is 2. The minimum atomic E-state index is -0.414. The first-order valence-corrected chi connectivity index (χ1v) is 7.12. The number of benzene rings is 1. The monoisotopic (exact) mass is 335 g/mol. The minimum absolute atomic E-state index is 0.370. The van der Waals surface area contributed by atoms with Crippen LogP contribution in [0, 0.1) is 6.92 Å². The van der Waals surface area contributed by atoms with Crippen LogP contribution in [0.1, 0.15) is 5.69 Å². The number of nitrogens with zero attached hydrogens (tertiary/aromatic N) is 3. The van der Waals surface area contributed by atoms with Crippen LogP contribution >= 0.6 is 23.2 Å². The first kappa shape index (κ1) is 14.6. The zero-order chi connectivity index (χ0) is 15.7. The molecule has 6 nitrogen and oxygen atoms in total. The topological polar surface area (TPSA) is 71.3 Å². The van der Waals surface area contributed by atoms with E-state index in [4.69, 9.17) is 23.2 Å². The molecule has 0 unspecified atom stereocenters. The molecule has 0 aliphatic heterocycles. The van der Waals surface area contributed by atoms with Crippen LogP contribution in [-0.2, 0) is 0 Å². The van der Waals surface area contributed by atoms with Gasteiger partial charge in [-0.25, -0.2) is 14.3 Å². The van der Waals surface area contributed by atoms with Crippen LogP contribution < -0.4 is 10.6 Å². The van der Waals surface area contributed by atoms with E-state index in [0.29, 0.717) is 27.1 Å². The zero-order valence-corrected chi connectivity index (χ0v) is 13.0. The van der Waals surface area contributed by atoms with Gasteiger partial charge in [-0.2, -0.15) is 5.10 Å². The molecule has 22 heavy (non-hydrogen) atoms. The van der Waals surface area contributed by atoms with Gasteiger partial charge in [0.05, 0.1) is 33.8 Å². The summed E-state index contributed by atoms with van der Waals surface area (Å²) in [4.78, 5) is 16.2. The maximum atomic E-state index is 12.0. The molecule has 112 valence electrons. The molecule has 2 amide bonds. The van der Waals surface area contributed by atoms with Gasteiger partial charge < -0.3 is 10.6 Å². The van der Waals surface area contributed by atoms with Crippen molar-refractivity contribution in [2.24, 2.45) is 0 Å². The SMILES string of the molecule is Cc1cc2ncc(NC(=O)Nc3ccc(Cl)c(Cl)c3)cn2n1. The molecule has 2 aromatic heterocycles. The van der Waals surface area contributed by atoms with Crippen LogP contribution in [0.25, 0.3) is 5.65 Å². The molecule has 0 saturated carbocycles. The highest BCUT2D eigenvalue weighted by Crippen LogP contribution is 2.25. The summed E-state index contributed by atoms with van der Waals surface area (Å²) in [5.41, 5.74) is 2.63. The molecule has 3 rings (SSSR count). The molecule has 1 aromatic carbocycles. The normalized spacial score (nSPS) is 10.7. The number of hydrogen-bond donors (Lipinski definition) is 2. The number of carbonyl (C=O) groups is 1. The second kappa shape index (κ2) is 5.82. The van der Waals surface area contributed by atoms with Crippen LogP contribution in [0.4, 0.5) is 16.2 Å². The molecular formula is C14H11Cl2N5O. The van der Waals surface area contributed by atoms with E-state index < -0.39 is 6.03 Å². The number of fused-ring (bicyclic) bond motifs is 1. The van der Waals surface area contributed by atoms with Gasteiger partial charge in [0.15, 0.2) is 5.65 Å². The van der Waals surface area contributed by atoms with Crippen molar-refractivity contribution in [2.75, 3.05) is 10.6 Å². The molecule has 8 heteroatoms. The van der Waals surface area contributed by atoms with Gasteiger partial charge in [0.25, 0.3) is 0 Å². The van der Waals surface area contributed by atoms with E-state index in [1.807, 2.05) is 13.0 Å². The van der Waals surface area contributed by atoms with Crippen molar-refractivity contribution < 1.29 is 4.79 Å². The summed E-state index contributed by atoms with van der Waals surface area (Å²) in [6, 6.07) is 6.27. The number of carbonyl (C=O) groups excluding carboxylic acids is 1. The highest BCUT2D eigenvalue weighted by Gasteiger charge is 2.06. The van der Waals surface area contributed by atoms with Gasteiger partial charge in [-0.15, -0.1) is 0 Å². The van der Waals surface area contributed by atoms with E-state index >= 15 is 0 Å². The summed E-state index contributed by atoms with van der Waals surface area (Å²) in [6.07, 6.45) is 3.24. The molecule has 2 N–H and O–H groups in total. The molecule has 0 spiro atoms. The number of aryl methyl sites for hydroxylation is 1. The summed E-state index contributed by atoms with van der Waals surface area (Å²) in [7, 11) is 0. The zero-order valence-electron chi connectivity index (χ0n) is 11.5. The Morgan fingerprint density at radius 3 is 2.68 bits per heavy atom. The Kier molecular flexibility index (Phi) is 3.87. The lowest BCUT2D eigenvalue weighted by Gasteiger charge is -2.08. The Morgan fingerprint density at radius 2 is 1.91 bits per heavy atom. The lowest BCUT2D eigenvalue weighted by molar-refractivity contribution is 0.262. The van der Waals surface area contributed by atoms with Gasteiger partial charge in [0.2, 0.25) is 0 Å². The van der Waals surface area contributed by atoms with Gasteiger partial charge in [0.1, 0.15) is 0 Å². The molecule has 0 atom stereocenters. The van der Waals surface area contributed by atoms with Crippen LogP contribution in [-0.4, -0.2) is 20.6 Å². The molecule has 2 heterocycles. The number of hydrogen-bond acceptors (Lipinski definition) is 3. The summed E-state index contributed by atoms with van der Waals surface area (Å²) in [5, 5.41) is 10.4. The molecule has 0 radical (unpaired) electrons. The number of halogens is 2. The van der Waals surface area contributed by atoms with Crippen molar-refractivity contribution in [1.29, 1.82) is 0 Å². The van der Waals surface area contributed by atoms with Crippen molar-refractivity contribution in [2.45, 2.75) is 6.92 Å². The van der Waals surface area contributed by atoms with E-state index in [2.05, 4.69) is 20.7 Å². The molecule has 0 fully saturated rings. The molecule has 0 bridgehead atoms. The first-order chi connectivity index (χ1) is 10.5. The number of anilines is 2. The van der Waals surface area contributed by atoms with Crippen LogP contribution in [0.3, 0.4) is 0 Å². The summed E-state index contributed by atoms with van der Waals surface area (Å²) in [6.45, 7) is 1.87. The fourth-order valence-corrected chi connectivity index (χ4v) is 2.23. The van der Waals surface area contributed by atoms with Crippen molar-refractivity contribution in [3.8, 4) is 0 Å². The van der Waals surface area contributed by atoms with E-state index in [9.17, 15) is 4.79 Å². The largest absolute Gasteiger partial charge is 0.323 e. The predicted molar refractivity (Wildman–Crippen MR) is 86.8 cm³/mol. The summed E-state index contributed by atoms with van der Waals surface area (Å²) < 4.78 is 1.60. The maximum absolute atomic E-state index is 12.0. The van der Waals surface area contributed by atoms with Gasteiger partial charge in [-0.05, 0) is 25.1 Å². The van der Waals surface area contributed by atoms with Gasteiger partial charge in [-0.1, -0.05) is 23.2 Å². The third kappa shape index (κ3) is 3.13. The van der Waals surface area contributed by atoms with Gasteiger partial charge in [0, 0.05) is 11.8 Å². The Labute approximate surface area is 136 Å². The lowest BCUT2D eigenvalue weighted by atomic mass is 10.3. The predicted octanol–water partition coefficient (Wildman–Crippen LogP) is 3.99. The Balaban J connectivity index is 1.73. The Morgan fingerprint density at radius 1 is 1.14 bits per heavy atom. The fraction of sp³-hybridized carbons (Fsp3) is 0.0714. The first-order valence-electron chi connectivity index (χ1n) is 6.36. The van der Waals surface area contributed by atoms with Crippen molar-refractivity contribution >= 4 is 46.3 Å². The molecule has 0 saturated heterocycles. The van der Waals surface area contributed by atoms with Crippen molar-refractivity contribution in [1.82, 2.24) is 14.6 Å². The van der Waals surface area contributed by atoms with E-state index in [1.54, 1.807) is 35.1 Å².